The van der Waals surface area contributed by atoms with Crippen molar-refractivity contribution in [2.45, 2.75) is 41.5 Å². The smallest absolute Gasteiger partial charge is 0.0158 e. The molecule has 0 nitrogen and oxygen atoms in total. The van der Waals surface area contributed by atoms with E-state index in [1.54, 1.807) is 0 Å². The molecular weight excluding hydrogens is 432 g/mol. The number of benzene rings is 3. The van der Waals surface area contributed by atoms with Gasteiger partial charge in [-0.2, -0.15) is 0 Å². The Morgan fingerprint density at radius 2 is 0.667 bits per heavy atom. The number of rotatable bonds is 6. The van der Waals surface area contributed by atoms with Crippen molar-refractivity contribution in [1.82, 2.24) is 0 Å². The second-order valence-corrected chi connectivity index (χ2v) is 9.39. The van der Waals surface area contributed by atoms with E-state index >= 15 is 0 Å². The summed E-state index contributed by atoms with van der Waals surface area (Å²) in [5, 5.41) is 0. The summed E-state index contributed by atoms with van der Waals surface area (Å²) < 4.78 is 0. The van der Waals surface area contributed by atoms with E-state index in [-0.39, 0.29) is 0 Å². The average Bonchev–Trinajstić information content (AvgIpc) is 2.84. The van der Waals surface area contributed by atoms with E-state index in [1.807, 2.05) is 59.7 Å². The summed E-state index contributed by atoms with van der Waals surface area (Å²) in [7, 11) is 0. The fourth-order valence-corrected chi connectivity index (χ4v) is 3.32. The van der Waals surface area contributed by atoms with Crippen LogP contribution in [-0.2, 0) is 0 Å². The van der Waals surface area contributed by atoms with Gasteiger partial charge >= 0.3 is 0 Å². The molecule has 0 N–H and O–H groups in total. The topological polar surface area (TPSA) is 0 Å². The SMILES string of the molecule is C=C(C)c1ccc(C(=C)C)cc1.C=C(C)c1cccc(C(=C)C)c1.C=C(C)c1ccccc1C(=C)C. The standard InChI is InChI=1S/3C12H14/c1-9(2)11-5-7-12(8-6-11)10(3)4;1-9(2)11-6-5-7-12(8-11)10(3)4;1-9(2)11-7-5-6-8-12(11)10(3)4/h3*5-8H,1,3H2,2,4H3. The van der Waals surface area contributed by atoms with Crippen molar-refractivity contribution < 1.29 is 0 Å². The van der Waals surface area contributed by atoms with Gasteiger partial charge in [-0.15, -0.1) is 0 Å². The van der Waals surface area contributed by atoms with E-state index in [9.17, 15) is 0 Å². The summed E-state index contributed by atoms with van der Waals surface area (Å²) in [5.41, 5.74) is 13.7. The largest absolute Gasteiger partial charge is 0.0955 e. The summed E-state index contributed by atoms with van der Waals surface area (Å²) >= 11 is 0. The zero-order chi connectivity index (χ0) is 27.4. The Labute approximate surface area is 220 Å². The molecule has 3 rings (SSSR count). The second kappa shape index (κ2) is 14.5. The molecule has 0 saturated heterocycles. The lowest BCUT2D eigenvalue weighted by Gasteiger charge is -2.07. The Kier molecular flexibility index (Phi) is 12.1. The average molecular weight is 475 g/mol. The van der Waals surface area contributed by atoms with Crippen LogP contribution < -0.4 is 0 Å². The van der Waals surface area contributed by atoms with E-state index in [1.165, 1.54) is 33.4 Å². The Balaban J connectivity index is 0.000000270. The van der Waals surface area contributed by atoms with Crippen LogP contribution >= 0.6 is 0 Å². The highest BCUT2D eigenvalue weighted by Gasteiger charge is 2.01. The molecule has 0 heterocycles. The maximum atomic E-state index is 3.93. The van der Waals surface area contributed by atoms with Crippen molar-refractivity contribution in [2.24, 2.45) is 0 Å². The summed E-state index contributed by atoms with van der Waals surface area (Å²) in [6.45, 7) is 35.5. The summed E-state index contributed by atoms with van der Waals surface area (Å²) in [6.07, 6.45) is 0. The van der Waals surface area contributed by atoms with Crippen LogP contribution in [0.2, 0.25) is 0 Å². The molecule has 0 unspecified atom stereocenters. The maximum Gasteiger partial charge on any atom is -0.0158 e. The molecule has 0 aromatic heterocycles. The van der Waals surface area contributed by atoms with Gasteiger partial charge in [0.05, 0.1) is 0 Å². The van der Waals surface area contributed by atoms with Crippen LogP contribution in [0.25, 0.3) is 33.4 Å². The first-order valence-electron chi connectivity index (χ1n) is 12.1. The summed E-state index contributed by atoms with van der Waals surface area (Å²) in [4.78, 5) is 0. The minimum absolute atomic E-state index is 1.09. The molecule has 0 bridgehead atoms. The van der Waals surface area contributed by atoms with Crippen LogP contribution in [-0.4, -0.2) is 0 Å². The number of hydrogen-bond donors (Lipinski definition) is 0. The normalized spacial score (nSPS) is 9.50. The van der Waals surface area contributed by atoms with Gasteiger partial charge in [0.2, 0.25) is 0 Å². The Bertz CT molecular complexity index is 1160. The molecule has 0 amide bonds. The van der Waals surface area contributed by atoms with Gasteiger partial charge in [-0.1, -0.05) is 140 Å². The summed E-state index contributed by atoms with van der Waals surface area (Å²) in [5.74, 6) is 0. The quantitative estimate of drug-likeness (QED) is 0.333. The highest BCUT2D eigenvalue weighted by molar-refractivity contribution is 5.76. The molecule has 0 saturated carbocycles. The van der Waals surface area contributed by atoms with Crippen LogP contribution in [0.1, 0.15) is 74.9 Å². The van der Waals surface area contributed by atoms with Gasteiger partial charge < -0.3 is 0 Å². The Morgan fingerprint density at radius 3 is 0.917 bits per heavy atom. The predicted molar refractivity (Wildman–Crippen MR) is 168 cm³/mol. The van der Waals surface area contributed by atoms with Crippen LogP contribution in [0, 0.1) is 0 Å². The third-order valence-corrected chi connectivity index (χ3v) is 5.57. The van der Waals surface area contributed by atoms with Crippen LogP contribution in [0.5, 0.6) is 0 Å². The first-order valence-corrected chi connectivity index (χ1v) is 12.1. The van der Waals surface area contributed by atoms with Gasteiger partial charge in [-0.25, -0.2) is 0 Å². The van der Waals surface area contributed by atoms with Crippen LogP contribution in [0.3, 0.4) is 0 Å². The van der Waals surface area contributed by atoms with Gasteiger partial charge in [-0.05, 0) is 81.0 Å². The molecule has 0 atom stereocenters. The zero-order valence-electron chi connectivity index (χ0n) is 23.2. The number of allylic oxidation sites excluding steroid dienone is 6. The molecule has 3 aromatic rings. The molecule has 0 fully saturated rings. The Morgan fingerprint density at radius 1 is 0.361 bits per heavy atom. The van der Waals surface area contributed by atoms with Crippen molar-refractivity contribution in [3.63, 3.8) is 0 Å². The summed E-state index contributed by atoms with van der Waals surface area (Å²) in [6, 6.07) is 24.8. The molecule has 3 aromatic carbocycles. The lowest BCUT2D eigenvalue weighted by molar-refractivity contribution is 1.50. The second-order valence-electron chi connectivity index (χ2n) is 9.39. The molecule has 0 heteroatoms. The van der Waals surface area contributed by atoms with Gasteiger partial charge in [0, 0.05) is 0 Å². The Hall–Kier alpha value is -3.90. The molecule has 36 heavy (non-hydrogen) atoms. The third kappa shape index (κ3) is 9.76. The monoisotopic (exact) mass is 474 g/mol. The van der Waals surface area contributed by atoms with E-state index < -0.39 is 0 Å². The lowest BCUT2D eigenvalue weighted by Crippen LogP contribution is -1.86. The van der Waals surface area contributed by atoms with E-state index in [4.69, 9.17) is 0 Å². The lowest BCUT2D eigenvalue weighted by atomic mass is 9.98. The van der Waals surface area contributed by atoms with Crippen LogP contribution in [0.4, 0.5) is 0 Å². The number of hydrogen-bond acceptors (Lipinski definition) is 0. The van der Waals surface area contributed by atoms with Crippen molar-refractivity contribution in [3.05, 3.63) is 146 Å². The first kappa shape index (κ1) is 30.1. The highest BCUT2D eigenvalue weighted by atomic mass is 14.1. The van der Waals surface area contributed by atoms with Gasteiger partial charge in [0.1, 0.15) is 0 Å². The highest BCUT2D eigenvalue weighted by Crippen LogP contribution is 2.22. The van der Waals surface area contributed by atoms with Gasteiger partial charge in [0.15, 0.2) is 0 Å². The maximum absolute atomic E-state index is 3.93. The third-order valence-electron chi connectivity index (χ3n) is 5.57. The molecule has 0 aliphatic rings. The van der Waals surface area contributed by atoms with Crippen molar-refractivity contribution in [2.75, 3.05) is 0 Å². The van der Waals surface area contributed by atoms with Gasteiger partial charge in [0.25, 0.3) is 0 Å². The van der Waals surface area contributed by atoms with E-state index in [0.717, 1.165) is 33.4 Å². The predicted octanol–water partition coefficient (Wildman–Crippen LogP) is 11.3. The fourth-order valence-electron chi connectivity index (χ4n) is 3.32. The minimum atomic E-state index is 1.09. The van der Waals surface area contributed by atoms with Crippen molar-refractivity contribution in [1.29, 1.82) is 0 Å². The van der Waals surface area contributed by atoms with Gasteiger partial charge in [-0.3, -0.25) is 0 Å². The minimum Gasteiger partial charge on any atom is -0.0955 e. The van der Waals surface area contributed by atoms with E-state index in [2.05, 4.69) is 94.1 Å². The van der Waals surface area contributed by atoms with E-state index in [0.29, 0.717) is 0 Å². The molecular formula is C36H42. The molecule has 0 aliphatic heterocycles. The molecule has 0 aliphatic carbocycles. The zero-order valence-corrected chi connectivity index (χ0v) is 23.2. The fraction of sp³-hybridized carbons (Fsp3) is 0.167. The first-order chi connectivity index (χ1) is 16.8. The molecule has 0 radical (unpaired) electrons. The molecule has 186 valence electrons. The van der Waals surface area contributed by atoms with Crippen LogP contribution in [0.15, 0.2) is 112 Å². The van der Waals surface area contributed by atoms with Crippen molar-refractivity contribution >= 4 is 33.4 Å². The van der Waals surface area contributed by atoms with Crippen molar-refractivity contribution in [3.8, 4) is 0 Å². The molecule has 0 spiro atoms.